The van der Waals surface area contributed by atoms with Crippen LogP contribution in [0.1, 0.15) is 60.9 Å². The second-order valence-corrected chi connectivity index (χ2v) is 7.68. The van der Waals surface area contributed by atoms with Crippen LogP contribution in [-0.2, 0) is 37.0 Å². The first-order chi connectivity index (χ1) is 12.1. The highest BCUT2D eigenvalue weighted by Crippen LogP contribution is 2.23. The molecular weight excluding hydrogens is 312 g/mol. The number of carbonyl (C=O) groups is 1. The molecule has 1 amide bonds. The zero-order valence-corrected chi connectivity index (χ0v) is 15.1. The molecule has 0 saturated heterocycles. The van der Waals surface area contributed by atoms with Crippen molar-refractivity contribution in [3.8, 4) is 0 Å². The Morgan fingerprint density at radius 3 is 2.92 bits per heavy atom. The third-order valence-corrected chi connectivity index (χ3v) is 5.38. The van der Waals surface area contributed by atoms with E-state index in [0.717, 1.165) is 43.0 Å². The molecule has 0 radical (unpaired) electrons. The summed E-state index contributed by atoms with van der Waals surface area (Å²) < 4.78 is 2.19. The van der Waals surface area contributed by atoms with Crippen LogP contribution in [-0.4, -0.2) is 26.7 Å². The van der Waals surface area contributed by atoms with E-state index >= 15 is 0 Å². The van der Waals surface area contributed by atoms with E-state index in [0.29, 0.717) is 12.3 Å². The van der Waals surface area contributed by atoms with Crippen molar-refractivity contribution in [3.63, 3.8) is 0 Å². The third-order valence-electron chi connectivity index (χ3n) is 5.38. The van der Waals surface area contributed by atoms with Crippen LogP contribution in [0.3, 0.4) is 0 Å². The summed E-state index contributed by atoms with van der Waals surface area (Å²) >= 11 is 0. The second-order valence-electron chi connectivity index (χ2n) is 7.68. The minimum Gasteiger partial charge on any atom is -0.351 e. The van der Waals surface area contributed by atoms with Crippen LogP contribution in [0.2, 0.25) is 0 Å². The Morgan fingerprint density at radius 2 is 2.08 bits per heavy atom. The van der Waals surface area contributed by atoms with E-state index in [1.54, 1.807) is 0 Å². The lowest BCUT2D eigenvalue weighted by molar-refractivity contribution is -0.121. The monoisotopic (exact) mass is 338 g/mol. The Balaban J connectivity index is 1.39. The molecule has 0 spiro atoms. The van der Waals surface area contributed by atoms with Gasteiger partial charge >= 0.3 is 0 Å². The van der Waals surface area contributed by atoms with Crippen molar-refractivity contribution in [2.24, 2.45) is 0 Å². The SMILES string of the molecule is CC(C)c1nnc2n1C[C@H](NC(=O)Cc1ccc3c(c1)CCC3)CC2. The Bertz CT molecular complexity index is 793. The van der Waals surface area contributed by atoms with Gasteiger partial charge in [0.1, 0.15) is 11.6 Å². The molecule has 5 nitrogen and oxygen atoms in total. The van der Waals surface area contributed by atoms with Gasteiger partial charge < -0.3 is 9.88 Å². The lowest BCUT2D eigenvalue weighted by Crippen LogP contribution is -2.42. The van der Waals surface area contributed by atoms with Gasteiger partial charge in [0, 0.05) is 24.9 Å². The minimum absolute atomic E-state index is 0.116. The molecule has 25 heavy (non-hydrogen) atoms. The van der Waals surface area contributed by atoms with Crippen LogP contribution in [0.5, 0.6) is 0 Å². The summed E-state index contributed by atoms with van der Waals surface area (Å²) in [4.78, 5) is 12.5. The molecule has 2 aromatic rings. The van der Waals surface area contributed by atoms with Gasteiger partial charge in [0.25, 0.3) is 0 Å². The molecule has 1 atom stereocenters. The van der Waals surface area contributed by atoms with E-state index in [4.69, 9.17) is 0 Å². The number of nitrogens with zero attached hydrogens (tertiary/aromatic N) is 3. The van der Waals surface area contributed by atoms with Crippen molar-refractivity contribution >= 4 is 5.91 Å². The van der Waals surface area contributed by atoms with E-state index in [1.165, 1.54) is 24.0 Å². The predicted octanol–water partition coefficient (Wildman–Crippen LogP) is 2.56. The molecule has 1 N–H and O–H groups in total. The Labute approximate surface area is 148 Å². The van der Waals surface area contributed by atoms with Crippen molar-refractivity contribution in [3.05, 3.63) is 46.5 Å². The molecule has 4 rings (SSSR count). The summed E-state index contributed by atoms with van der Waals surface area (Å²) in [6, 6.07) is 6.70. The average Bonchev–Trinajstić information content (AvgIpc) is 3.20. The van der Waals surface area contributed by atoms with Gasteiger partial charge in [-0.15, -0.1) is 10.2 Å². The molecule has 5 heteroatoms. The lowest BCUT2D eigenvalue weighted by atomic mass is 10.0. The van der Waals surface area contributed by atoms with Gasteiger partial charge in [-0.2, -0.15) is 0 Å². The second kappa shape index (κ2) is 6.62. The standard InChI is InChI=1S/C20H26N4O/c1-13(2)20-23-22-18-9-8-17(12-24(18)20)21-19(25)11-14-6-7-15-4-3-5-16(15)10-14/h6-7,10,13,17H,3-5,8-9,11-12H2,1-2H3,(H,21,25)/t17-/m1/s1. The van der Waals surface area contributed by atoms with Crippen molar-refractivity contribution in [2.75, 3.05) is 0 Å². The number of benzene rings is 1. The van der Waals surface area contributed by atoms with E-state index in [1.807, 2.05) is 0 Å². The molecule has 1 aliphatic heterocycles. The van der Waals surface area contributed by atoms with E-state index in [-0.39, 0.29) is 11.9 Å². The summed E-state index contributed by atoms with van der Waals surface area (Å²) in [5, 5.41) is 11.8. The van der Waals surface area contributed by atoms with Gasteiger partial charge in [0.05, 0.1) is 6.42 Å². The number of aryl methyl sites for hydroxylation is 3. The first-order valence-electron chi connectivity index (χ1n) is 9.42. The quantitative estimate of drug-likeness (QED) is 0.932. The van der Waals surface area contributed by atoms with E-state index < -0.39 is 0 Å². The van der Waals surface area contributed by atoms with Gasteiger partial charge in [0.2, 0.25) is 5.91 Å². The first kappa shape index (κ1) is 16.3. The number of fused-ring (bicyclic) bond motifs is 2. The highest BCUT2D eigenvalue weighted by atomic mass is 16.1. The third kappa shape index (κ3) is 3.32. The number of hydrogen-bond donors (Lipinski definition) is 1. The van der Waals surface area contributed by atoms with Crippen molar-refractivity contribution < 1.29 is 4.79 Å². The van der Waals surface area contributed by atoms with Gasteiger partial charge in [-0.3, -0.25) is 4.79 Å². The van der Waals surface area contributed by atoms with Crippen molar-refractivity contribution in [1.82, 2.24) is 20.1 Å². The zero-order valence-electron chi connectivity index (χ0n) is 15.1. The molecule has 0 unspecified atom stereocenters. The number of nitrogens with one attached hydrogen (secondary N) is 1. The van der Waals surface area contributed by atoms with Gasteiger partial charge in [-0.25, -0.2) is 0 Å². The fourth-order valence-electron chi connectivity index (χ4n) is 4.09. The molecule has 132 valence electrons. The van der Waals surface area contributed by atoms with Crippen LogP contribution < -0.4 is 5.32 Å². The Kier molecular flexibility index (Phi) is 4.32. The Hall–Kier alpha value is -2.17. The van der Waals surface area contributed by atoms with Gasteiger partial charge in [-0.1, -0.05) is 32.0 Å². The highest BCUT2D eigenvalue weighted by molar-refractivity contribution is 5.79. The maximum Gasteiger partial charge on any atom is 0.224 e. The Morgan fingerprint density at radius 1 is 1.24 bits per heavy atom. The average molecular weight is 338 g/mol. The van der Waals surface area contributed by atoms with E-state index in [2.05, 4.69) is 52.1 Å². The maximum absolute atomic E-state index is 12.5. The summed E-state index contributed by atoms with van der Waals surface area (Å²) in [5.74, 6) is 2.54. The fraction of sp³-hybridized carbons (Fsp3) is 0.550. The number of hydrogen-bond acceptors (Lipinski definition) is 3. The van der Waals surface area contributed by atoms with Crippen LogP contribution in [0.25, 0.3) is 0 Å². The minimum atomic E-state index is 0.116. The molecule has 1 aromatic carbocycles. The highest BCUT2D eigenvalue weighted by Gasteiger charge is 2.25. The first-order valence-corrected chi connectivity index (χ1v) is 9.42. The predicted molar refractivity (Wildman–Crippen MR) is 96.5 cm³/mol. The van der Waals surface area contributed by atoms with Crippen molar-refractivity contribution in [2.45, 2.75) is 70.9 Å². The molecule has 1 aromatic heterocycles. The van der Waals surface area contributed by atoms with Crippen LogP contribution in [0.4, 0.5) is 0 Å². The number of carbonyl (C=O) groups excluding carboxylic acids is 1. The van der Waals surface area contributed by atoms with E-state index in [9.17, 15) is 4.79 Å². The smallest absolute Gasteiger partial charge is 0.224 e. The lowest BCUT2D eigenvalue weighted by Gasteiger charge is -2.26. The summed E-state index contributed by atoms with van der Waals surface area (Å²) in [6.07, 6.45) is 5.86. The summed E-state index contributed by atoms with van der Waals surface area (Å²) in [5.41, 5.74) is 4.01. The molecule has 0 bridgehead atoms. The topological polar surface area (TPSA) is 59.8 Å². The van der Waals surface area contributed by atoms with Crippen molar-refractivity contribution in [1.29, 1.82) is 0 Å². The normalized spacial score (nSPS) is 18.9. The van der Waals surface area contributed by atoms with Crippen LogP contribution >= 0.6 is 0 Å². The molecule has 0 saturated carbocycles. The number of amides is 1. The summed E-state index contributed by atoms with van der Waals surface area (Å²) in [6.45, 7) is 5.05. The fourth-order valence-corrected chi connectivity index (χ4v) is 4.09. The number of aromatic nitrogens is 3. The largest absolute Gasteiger partial charge is 0.351 e. The van der Waals surface area contributed by atoms with Crippen LogP contribution in [0, 0.1) is 0 Å². The molecule has 2 heterocycles. The number of rotatable bonds is 4. The summed E-state index contributed by atoms with van der Waals surface area (Å²) in [7, 11) is 0. The molecule has 1 aliphatic carbocycles. The molecule has 2 aliphatic rings. The van der Waals surface area contributed by atoms with Crippen LogP contribution in [0.15, 0.2) is 18.2 Å². The maximum atomic E-state index is 12.5. The zero-order chi connectivity index (χ0) is 17.4. The molecule has 0 fully saturated rings. The van der Waals surface area contributed by atoms with Gasteiger partial charge in [-0.05, 0) is 42.4 Å². The van der Waals surface area contributed by atoms with Gasteiger partial charge in [0.15, 0.2) is 0 Å². The molecular formula is C20H26N4O.